The van der Waals surface area contributed by atoms with Gasteiger partial charge in [-0.1, -0.05) is 15.9 Å². The Labute approximate surface area is 105 Å². The van der Waals surface area contributed by atoms with Crippen LogP contribution in [-0.4, -0.2) is 35.0 Å². The smallest absolute Gasteiger partial charge is 0.221 e. The maximum absolute atomic E-state index is 5.46. The van der Waals surface area contributed by atoms with Crippen LogP contribution < -0.4 is 9.64 Å². The highest BCUT2D eigenvalue weighted by atomic mass is 79.9. The number of hydrogen-bond donors (Lipinski definition) is 0. The molecule has 0 N–H and O–H groups in total. The summed E-state index contributed by atoms with van der Waals surface area (Å²) >= 11 is 3.45. The van der Waals surface area contributed by atoms with Gasteiger partial charge in [0.15, 0.2) is 0 Å². The summed E-state index contributed by atoms with van der Waals surface area (Å²) in [5.74, 6) is 1.64. The summed E-state index contributed by atoms with van der Waals surface area (Å²) in [6.45, 7) is 8.55. The predicted octanol–water partition coefficient (Wildman–Crippen LogP) is 2.40. The average molecular weight is 288 g/mol. The molecule has 0 radical (unpaired) electrons. The summed E-state index contributed by atoms with van der Waals surface area (Å²) in [4.78, 5) is 10.7. The van der Waals surface area contributed by atoms with Crippen LogP contribution in [0.1, 0.15) is 19.4 Å². The first-order chi connectivity index (χ1) is 7.74. The lowest BCUT2D eigenvalue weighted by atomic mass is 10.3. The van der Waals surface area contributed by atoms with Crippen LogP contribution in [0.5, 0.6) is 5.88 Å². The van der Waals surface area contributed by atoms with Gasteiger partial charge < -0.3 is 9.64 Å². The molecule has 1 heterocycles. The van der Waals surface area contributed by atoms with Crippen LogP contribution in [0.3, 0.4) is 0 Å². The maximum Gasteiger partial charge on any atom is 0.221 e. The molecule has 1 aromatic heterocycles. The van der Waals surface area contributed by atoms with Crippen molar-refractivity contribution in [2.24, 2.45) is 0 Å². The summed E-state index contributed by atoms with van der Waals surface area (Å²) < 4.78 is 5.46. The molecule has 0 aromatic carbocycles. The van der Waals surface area contributed by atoms with E-state index in [2.05, 4.69) is 37.7 Å². The lowest BCUT2D eigenvalue weighted by Crippen LogP contribution is -2.26. The number of aromatic nitrogens is 2. The van der Waals surface area contributed by atoms with E-state index in [0.29, 0.717) is 12.5 Å². The number of nitrogens with zero attached hydrogens (tertiary/aromatic N) is 3. The van der Waals surface area contributed by atoms with Crippen LogP contribution in [0.4, 0.5) is 5.82 Å². The highest BCUT2D eigenvalue weighted by molar-refractivity contribution is 9.09. The number of halogens is 1. The summed E-state index contributed by atoms with van der Waals surface area (Å²) in [5.41, 5.74) is 1.01. The average Bonchev–Trinajstić information content (AvgIpc) is 2.30. The van der Waals surface area contributed by atoms with Crippen molar-refractivity contribution in [1.82, 2.24) is 9.97 Å². The highest BCUT2D eigenvalue weighted by Crippen LogP contribution is 2.23. The number of rotatable bonds is 6. The quantitative estimate of drug-likeness (QED) is 0.753. The van der Waals surface area contributed by atoms with Gasteiger partial charge in [0.25, 0.3) is 0 Å². The third kappa shape index (κ3) is 3.07. The van der Waals surface area contributed by atoms with Gasteiger partial charge in [0.1, 0.15) is 12.1 Å². The van der Waals surface area contributed by atoms with Crippen LogP contribution in [0.15, 0.2) is 6.33 Å². The largest absolute Gasteiger partial charge is 0.478 e. The zero-order chi connectivity index (χ0) is 12.0. The normalized spacial score (nSPS) is 10.2. The topological polar surface area (TPSA) is 38.3 Å². The molecular formula is C11H18BrN3O. The SMILES string of the molecule is CCOc1ncnc(N(CC)CCBr)c1C. The van der Waals surface area contributed by atoms with E-state index in [1.165, 1.54) is 0 Å². The van der Waals surface area contributed by atoms with Crippen molar-refractivity contribution in [3.63, 3.8) is 0 Å². The van der Waals surface area contributed by atoms with Crippen molar-refractivity contribution in [1.29, 1.82) is 0 Å². The first-order valence-electron chi connectivity index (χ1n) is 5.49. The van der Waals surface area contributed by atoms with Crippen molar-refractivity contribution in [2.45, 2.75) is 20.8 Å². The first-order valence-corrected chi connectivity index (χ1v) is 6.62. The molecule has 0 atom stereocenters. The molecule has 0 bridgehead atoms. The molecular weight excluding hydrogens is 270 g/mol. The van der Waals surface area contributed by atoms with Crippen molar-refractivity contribution in [3.8, 4) is 5.88 Å². The van der Waals surface area contributed by atoms with E-state index in [4.69, 9.17) is 4.74 Å². The van der Waals surface area contributed by atoms with Crippen LogP contribution in [-0.2, 0) is 0 Å². The molecule has 90 valence electrons. The Balaban J connectivity index is 2.98. The Morgan fingerprint density at radius 2 is 2.12 bits per heavy atom. The standard InChI is InChI=1S/C11H18BrN3O/c1-4-15(7-6-12)10-9(3)11(16-5-2)14-8-13-10/h8H,4-7H2,1-3H3. The summed E-state index contributed by atoms with van der Waals surface area (Å²) in [7, 11) is 0. The van der Waals surface area contributed by atoms with Gasteiger partial charge in [-0.25, -0.2) is 9.97 Å². The lowest BCUT2D eigenvalue weighted by Gasteiger charge is -2.23. The Bertz CT molecular complexity index is 333. The maximum atomic E-state index is 5.46. The molecule has 0 fully saturated rings. The van der Waals surface area contributed by atoms with E-state index >= 15 is 0 Å². The van der Waals surface area contributed by atoms with Gasteiger partial charge in [0, 0.05) is 18.4 Å². The van der Waals surface area contributed by atoms with Gasteiger partial charge in [-0.3, -0.25) is 0 Å². The Morgan fingerprint density at radius 1 is 1.38 bits per heavy atom. The van der Waals surface area contributed by atoms with Crippen LogP contribution in [0, 0.1) is 6.92 Å². The van der Waals surface area contributed by atoms with Crippen molar-refractivity contribution in [2.75, 3.05) is 29.9 Å². The monoisotopic (exact) mass is 287 g/mol. The van der Waals surface area contributed by atoms with E-state index in [1.807, 2.05) is 13.8 Å². The third-order valence-electron chi connectivity index (χ3n) is 2.33. The Morgan fingerprint density at radius 3 is 2.69 bits per heavy atom. The van der Waals surface area contributed by atoms with Crippen LogP contribution in [0.2, 0.25) is 0 Å². The zero-order valence-electron chi connectivity index (χ0n) is 10.0. The number of hydrogen-bond acceptors (Lipinski definition) is 4. The number of anilines is 1. The van der Waals surface area contributed by atoms with Crippen molar-refractivity contribution in [3.05, 3.63) is 11.9 Å². The van der Waals surface area contributed by atoms with Gasteiger partial charge >= 0.3 is 0 Å². The van der Waals surface area contributed by atoms with E-state index in [9.17, 15) is 0 Å². The molecule has 5 heteroatoms. The van der Waals surface area contributed by atoms with Crippen molar-refractivity contribution < 1.29 is 4.74 Å². The first kappa shape index (κ1) is 13.2. The molecule has 0 aliphatic rings. The summed E-state index contributed by atoms with van der Waals surface area (Å²) in [6, 6.07) is 0. The number of ether oxygens (including phenoxy) is 1. The van der Waals surface area contributed by atoms with E-state index < -0.39 is 0 Å². The minimum Gasteiger partial charge on any atom is -0.478 e. The third-order valence-corrected chi connectivity index (χ3v) is 2.68. The fourth-order valence-electron chi connectivity index (χ4n) is 1.54. The summed E-state index contributed by atoms with van der Waals surface area (Å²) in [5, 5.41) is 0.925. The fraction of sp³-hybridized carbons (Fsp3) is 0.636. The second-order valence-corrected chi connectivity index (χ2v) is 4.12. The van der Waals surface area contributed by atoms with E-state index in [0.717, 1.165) is 29.8 Å². The molecule has 1 aromatic rings. The molecule has 0 saturated carbocycles. The van der Waals surface area contributed by atoms with Gasteiger partial charge in [-0.15, -0.1) is 0 Å². The van der Waals surface area contributed by atoms with Crippen LogP contribution in [0.25, 0.3) is 0 Å². The second-order valence-electron chi connectivity index (χ2n) is 3.33. The van der Waals surface area contributed by atoms with Gasteiger partial charge in [0.05, 0.1) is 12.2 Å². The van der Waals surface area contributed by atoms with Crippen LogP contribution >= 0.6 is 15.9 Å². The van der Waals surface area contributed by atoms with Gasteiger partial charge in [0.2, 0.25) is 5.88 Å². The minimum atomic E-state index is 0.627. The molecule has 0 unspecified atom stereocenters. The molecule has 0 amide bonds. The number of alkyl halides is 1. The molecule has 0 saturated heterocycles. The molecule has 0 spiro atoms. The molecule has 0 aliphatic heterocycles. The molecule has 1 rings (SSSR count). The zero-order valence-corrected chi connectivity index (χ0v) is 11.6. The van der Waals surface area contributed by atoms with Gasteiger partial charge in [-0.05, 0) is 20.8 Å². The highest BCUT2D eigenvalue weighted by Gasteiger charge is 2.12. The van der Waals surface area contributed by atoms with Crippen molar-refractivity contribution >= 4 is 21.7 Å². The second kappa shape index (κ2) is 6.68. The Kier molecular flexibility index (Phi) is 5.52. The molecule has 0 aliphatic carbocycles. The van der Waals surface area contributed by atoms with E-state index in [1.54, 1.807) is 6.33 Å². The fourth-order valence-corrected chi connectivity index (χ4v) is 1.97. The molecule has 4 nitrogen and oxygen atoms in total. The predicted molar refractivity (Wildman–Crippen MR) is 69.6 cm³/mol. The minimum absolute atomic E-state index is 0.627. The Hall–Kier alpha value is -0.840. The van der Waals surface area contributed by atoms with E-state index in [-0.39, 0.29) is 0 Å². The summed E-state index contributed by atoms with van der Waals surface area (Å²) in [6.07, 6.45) is 1.56. The van der Waals surface area contributed by atoms with Gasteiger partial charge in [-0.2, -0.15) is 0 Å². The molecule has 16 heavy (non-hydrogen) atoms. The lowest BCUT2D eigenvalue weighted by molar-refractivity contribution is 0.323.